The Kier molecular flexibility index (Phi) is 4.64. The number of rotatable bonds is 6. The molecule has 0 spiro atoms. The van der Waals surface area contributed by atoms with Crippen molar-refractivity contribution in [1.29, 1.82) is 0 Å². The summed E-state index contributed by atoms with van der Waals surface area (Å²) in [4.78, 5) is 25.2. The average molecular weight is 295 g/mol. The van der Waals surface area contributed by atoms with Crippen LogP contribution in [0.4, 0.5) is 4.79 Å². The third kappa shape index (κ3) is 3.25. The van der Waals surface area contributed by atoms with Crippen molar-refractivity contribution in [3.63, 3.8) is 0 Å². The van der Waals surface area contributed by atoms with Crippen LogP contribution in [-0.4, -0.2) is 61.9 Å². The lowest BCUT2D eigenvalue weighted by Crippen LogP contribution is -2.31. The maximum absolute atomic E-state index is 12.3. The molecule has 0 radical (unpaired) electrons. The summed E-state index contributed by atoms with van der Waals surface area (Å²) >= 11 is 0. The second kappa shape index (κ2) is 6.45. The number of methoxy groups -OCH3 is 2. The van der Waals surface area contributed by atoms with E-state index in [4.69, 9.17) is 19.3 Å². The number of cyclic esters (lactones) is 1. The Morgan fingerprint density at radius 1 is 1.43 bits per heavy atom. The van der Waals surface area contributed by atoms with Gasteiger partial charge in [0, 0.05) is 0 Å². The molecule has 1 unspecified atom stereocenters. The Morgan fingerprint density at radius 2 is 2.19 bits per heavy atom. The van der Waals surface area contributed by atoms with E-state index >= 15 is 0 Å². The van der Waals surface area contributed by atoms with E-state index in [0.717, 1.165) is 0 Å². The molecule has 0 bridgehead atoms. The Hall–Kier alpha value is -2.28. The molecule has 1 aliphatic rings. The summed E-state index contributed by atoms with van der Waals surface area (Å²) in [6.07, 6.45) is -1.19. The van der Waals surface area contributed by atoms with E-state index in [0.29, 0.717) is 17.1 Å². The van der Waals surface area contributed by atoms with E-state index in [9.17, 15) is 9.59 Å². The van der Waals surface area contributed by atoms with Crippen molar-refractivity contribution >= 4 is 11.9 Å². The van der Waals surface area contributed by atoms with Gasteiger partial charge >= 0.3 is 6.09 Å². The molecule has 0 aromatic heterocycles. The molecule has 1 atom stereocenters. The zero-order valence-electron chi connectivity index (χ0n) is 11.9. The van der Waals surface area contributed by atoms with Crippen molar-refractivity contribution in [3.05, 3.63) is 23.8 Å². The normalized spacial score (nSPS) is 17.6. The number of carbonyl (C=O) groups excluding carboxylic acids is 2. The van der Waals surface area contributed by atoms with E-state index in [-0.39, 0.29) is 25.5 Å². The predicted molar refractivity (Wildman–Crippen MR) is 72.8 cm³/mol. The van der Waals surface area contributed by atoms with Crippen molar-refractivity contribution in [2.24, 2.45) is 0 Å². The summed E-state index contributed by atoms with van der Waals surface area (Å²) in [7, 11) is 2.96. The first kappa shape index (κ1) is 15.1. The van der Waals surface area contributed by atoms with Gasteiger partial charge in [0.2, 0.25) is 0 Å². The Bertz CT molecular complexity index is 544. The number of aliphatic hydroxyl groups excluding tert-OH is 1. The number of aliphatic hydroxyl groups is 1. The smallest absolute Gasteiger partial charge is 0.410 e. The highest BCUT2D eigenvalue weighted by molar-refractivity contribution is 6.01. The lowest BCUT2D eigenvalue weighted by atomic mass is 10.1. The zero-order chi connectivity index (χ0) is 15.4. The number of hydrogen-bond donors (Lipinski definition) is 1. The van der Waals surface area contributed by atoms with Gasteiger partial charge in [-0.25, -0.2) is 4.79 Å². The molecule has 21 heavy (non-hydrogen) atoms. The van der Waals surface area contributed by atoms with E-state index < -0.39 is 12.2 Å². The van der Waals surface area contributed by atoms with Crippen LogP contribution in [0, 0.1) is 0 Å². The van der Waals surface area contributed by atoms with Crippen molar-refractivity contribution in [2.75, 3.05) is 33.9 Å². The predicted octanol–water partition coefficient (Wildman–Crippen LogP) is 0.700. The first-order chi connectivity index (χ1) is 10.1. The van der Waals surface area contributed by atoms with Gasteiger partial charge in [-0.2, -0.15) is 0 Å². The highest BCUT2D eigenvalue weighted by Gasteiger charge is 2.32. The number of carbonyl (C=O) groups is 2. The molecule has 1 heterocycles. The van der Waals surface area contributed by atoms with Gasteiger partial charge in [0.1, 0.15) is 17.6 Å². The first-order valence-electron chi connectivity index (χ1n) is 6.40. The highest BCUT2D eigenvalue weighted by atomic mass is 16.6. The minimum atomic E-state index is -0.607. The molecule has 1 amide bonds. The molecule has 7 nitrogen and oxygen atoms in total. The lowest BCUT2D eigenvalue weighted by Gasteiger charge is -2.14. The van der Waals surface area contributed by atoms with Gasteiger partial charge in [-0.05, 0) is 18.2 Å². The summed E-state index contributed by atoms with van der Waals surface area (Å²) < 4.78 is 15.1. The highest BCUT2D eigenvalue weighted by Crippen LogP contribution is 2.25. The van der Waals surface area contributed by atoms with Crippen molar-refractivity contribution in [1.82, 2.24) is 4.90 Å². The molecule has 1 saturated heterocycles. The number of ketones is 1. The number of benzene rings is 1. The van der Waals surface area contributed by atoms with Crippen LogP contribution in [0.5, 0.6) is 11.5 Å². The van der Waals surface area contributed by atoms with Gasteiger partial charge in [0.15, 0.2) is 5.78 Å². The molecule has 114 valence electrons. The van der Waals surface area contributed by atoms with Gasteiger partial charge in [0.25, 0.3) is 0 Å². The van der Waals surface area contributed by atoms with E-state index in [2.05, 4.69) is 0 Å². The SMILES string of the molecule is COc1ccc(OC)c(C(=O)CN2CC(CO)OC2=O)c1. The fraction of sp³-hybridized carbons (Fsp3) is 0.429. The molecule has 2 rings (SSSR count). The topological polar surface area (TPSA) is 85.3 Å². The minimum absolute atomic E-state index is 0.140. The first-order valence-corrected chi connectivity index (χ1v) is 6.40. The van der Waals surface area contributed by atoms with Gasteiger partial charge in [0.05, 0.1) is 39.5 Å². The summed E-state index contributed by atoms with van der Waals surface area (Å²) in [5.74, 6) is 0.643. The Labute approximate surface area is 122 Å². The molecular formula is C14H17NO6. The van der Waals surface area contributed by atoms with Crippen molar-refractivity contribution < 1.29 is 28.9 Å². The van der Waals surface area contributed by atoms with Crippen molar-refractivity contribution in [3.8, 4) is 11.5 Å². The second-order valence-electron chi connectivity index (χ2n) is 4.56. The van der Waals surface area contributed by atoms with Crippen LogP contribution in [-0.2, 0) is 4.74 Å². The molecule has 1 aliphatic heterocycles. The summed E-state index contributed by atoms with van der Waals surface area (Å²) in [5, 5.41) is 8.98. The maximum atomic E-state index is 12.3. The molecule has 1 N–H and O–H groups in total. The van der Waals surface area contributed by atoms with Crippen molar-refractivity contribution in [2.45, 2.75) is 6.10 Å². The minimum Gasteiger partial charge on any atom is -0.497 e. The van der Waals surface area contributed by atoms with Crippen LogP contribution < -0.4 is 9.47 Å². The number of ether oxygens (including phenoxy) is 3. The number of nitrogens with zero attached hydrogens (tertiary/aromatic N) is 1. The van der Waals surface area contributed by atoms with Crippen LogP contribution in [0.25, 0.3) is 0 Å². The molecule has 0 saturated carbocycles. The summed E-state index contributed by atoms with van der Waals surface area (Å²) in [5.41, 5.74) is 0.331. The standard InChI is InChI=1S/C14H17NO6/c1-19-9-3-4-13(20-2)11(5-9)12(17)7-15-6-10(8-16)21-14(15)18/h3-5,10,16H,6-8H2,1-2H3. The molecule has 1 aromatic carbocycles. The van der Waals surface area contributed by atoms with Crippen LogP contribution in [0.2, 0.25) is 0 Å². The fourth-order valence-corrected chi connectivity index (χ4v) is 2.09. The van der Waals surface area contributed by atoms with E-state index in [1.807, 2.05) is 0 Å². The average Bonchev–Trinajstić information content (AvgIpc) is 2.86. The quantitative estimate of drug-likeness (QED) is 0.778. The molecule has 0 aliphatic carbocycles. The van der Waals surface area contributed by atoms with E-state index in [1.54, 1.807) is 18.2 Å². The third-order valence-corrected chi connectivity index (χ3v) is 3.19. The van der Waals surface area contributed by atoms with Gasteiger partial charge in [-0.15, -0.1) is 0 Å². The second-order valence-corrected chi connectivity index (χ2v) is 4.56. The molecule has 1 aromatic rings. The number of hydrogen-bond acceptors (Lipinski definition) is 6. The third-order valence-electron chi connectivity index (χ3n) is 3.19. The van der Waals surface area contributed by atoms with Crippen LogP contribution in [0.15, 0.2) is 18.2 Å². The summed E-state index contributed by atoms with van der Waals surface area (Å²) in [6.45, 7) is -0.217. The van der Waals surface area contributed by atoms with Crippen LogP contribution in [0.3, 0.4) is 0 Å². The maximum Gasteiger partial charge on any atom is 0.410 e. The largest absolute Gasteiger partial charge is 0.497 e. The lowest BCUT2D eigenvalue weighted by molar-refractivity contribution is 0.0909. The molecule has 1 fully saturated rings. The van der Waals surface area contributed by atoms with Crippen LogP contribution in [0.1, 0.15) is 10.4 Å². The van der Waals surface area contributed by atoms with Crippen LogP contribution >= 0.6 is 0 Å². The Morgan fingerprint density at radius 3 is 2.76 bits per heavy atom. The zero-order valence-corrected chi connectivity index (χ0v) is 11.9. The fourth-order valence-electron chi connectivity index (χ4n) is 2.09. The van der Waals surface area contributed by atoms with Gasteiger partial charge in [-0.3, -0.25) is 9.69 Å². The summed E-state index contributed by atoms with van der Waals surface area (Å²) in [6, 6.07) is 4.87. The van der Waals surface area contributed by atoms with E-state index in [1.165, 1.54) is 19.1 Å². The monoisotopic (exact) mass is 295 g/mol. The number of Topliss-reactive ketones (excluding diaryl/α,β-unsaturated/α-hetero) is 1. The number of amides is 1. The van der Waals surface area contributed by atoms with Gasteiger partial charge in [-0.1, -0.05) is 0 Å². The van der Waals surface area contributed by atoms with Gasteiger partial charge < -0.3 is 19.3 Å². The molecule has 7 heteroatoms. The Balaban J connectivity index is 2.15. The molecular weight excluding hydrogens is 278 g/mol.